The average Bonchev–Trinajstić information content (AvgIpc) is 2.61. The number of primary sulfonamides is 1. The molecule has 1 aromatic carbocycles. The van der Waals surface area contributed by atoms with Crippen LogP contribution in [0, 0.1) is 0 Å². The van der Waals surface area contributed by atoms with Crippen LogP contribution in [-0.4, -0.2) is 57.9 Å². The minimum absolute atomic E-state index is 0.0975. The van der Waals surface area contributed by atoms with E-state index in [2.05, 4.69) is 15.6 Å². The number of amides is 1. The van der Waals surface area contributed by atoms with Gasteiger partial charge < -0.3 is 15.5 Å². The largest absolute Gasteiger partial charge is 0.370 e. The molecule has 0 saturated heterocycles. The second-order valence-electron chi connectivity index (χ2n) is 6.36. The van der Waals surface area contributed by atoms with Crippen molar-refractivity contribution in [3.05, 3.63) is 53.7 Å². The quantitative estimate of drug-likeness (QED) is 0.578. The number of pyridine rings is 1. The zero-order valence-electron chi connectivity index (χ0n) is 15.5. The topological polar surface area (TPSA) is 117 Å². The summed E-state index contributed by atoms with van der Waals surface area (Å²) < 4.78 is 22.5. The molecule has 0 aliphatic heterocycles. The first-order chi connectivity index (χ1) is 12.8. The maximum atomic E-state index is 12.0. The Balaban J connectivity index is 1.80. The lowest BCUT2D eigenvalue weighted by atomic mass is 10.1. The molecule has 4 N–H and O–H groups in total. The van der Waals surface area contributed by atoms with E-state index >= 15 is 0 Å². The van der Waals surface area contributed by atoms with Gasteiger partial charge in [0.25, 0.3) is 5.91 Å². The number of hydrogen-bond acceptors (Lipinski definition) is 6. The fourth-order valence-electron chi connectivity index (χ4n) is 2.31. The highest BCUT2D eigenvalue weighted by Gasteiger charge is 2.07. The van der Waals surface area contributed by atoms with Gasteiger partial charge in [0.2, 0.25) is 10.0 Å². The van der Waals surface area contributed by atoms with Gasteiger partial charge >= 0.3 is 0 Å². The normalized spacial score (nSPS) is 11.4. The van der Waals surface area contributed by atoms with Crippen LogP contribution in [0.1, 0.15) is 15.9 Å². The van der Waals surface area contributed by atoms with Crippen molar-refractivity contribution in [2.45, 2.75) is 11.3 Å². The van der Waals surface area contributed by atoms with Crippen molar-refractivity contribution in [2.75, 3.05) is 39.0 Å². The number of carbonyl (C=O) groups is 1. The smallest absolute Gasteiger partial charge is 0.252 e. The summed E-state index contributed by atoms with van der Waals surface area (Å²) in [4.78, 5) is 18.3. The molecular formula is C18H25N5O3S. The van der Waals surface area contributed by atoms with E-state index in [1.807, 2.05) is 19.0 Å². The van der Waals surface area contributed by atoms with Crippen molar-refractivity contribution >= 4 is 21.7 Å². The van der Waals surface area contributed by atoms with Crippen molar-refractivity contribution in [3.63, 3.8) is 0 Å². The van der Waals surface area contributed by atoms with E-state index in [0.29, 0.717) is 30.9 Å². The molecule has 2 aromatic rings. The lowest BCUT2D eigenvalue weighted by molar-refractivity contribution is 0.0950. The predicted molar refractivity (Wildman–Crippen MR) is 105 cm³/mol. The second-order valence-corrected chi connectivity index (χ2v) is 7.92. The van der Waals surface area contributed by atoms with Gasteiger partial charge in [-0.2, -0.15) is 0 Å². The highest BCUT2D eigenvalue weighted by Crippen LogP contribution is 2.10. The monoisotopic (exact) mass is 391 g/mol. The maximum Gasteiger partial charge on any atom is 0.252 e. The Morgan fingerprint density at radius 2 is 1.81 bits per heavy atom. The number of nitrogens with one attached hydrogen (secondary N) is 2. The predicted octanol–water partition coefficient (Wildman–Crippen LogP) is 0.675. The molecule has 9 heteroatoms. The zero-order chi connectivity index (χ0) is 19.9. The van der Waals surface area contributed by atoms with Gasteiger partial charge in [0.05, 0.1) is 10.5 Å². The molecule has 1 heterocycles. The van der Waals surface area contributed by atoms with E-state index in [1.165, 1.54) is 18.3 Å². The SMILES string of the molecule is CN(C)CCNC(=O)c1ccc(NCCc2ccc(S(N)(=O)=O)cc2)nc1. The Hall–Kier alpha value is -2.49. The van der Waals surface area contributed by atoms with Crippen LogP contribution in [0.3, 0.4) is 0 Å². The molecule has 8 nitrogen and oxygen atoms in total. The van der Waals surface area contributed by atoms with E-state index in [9.17, 15) is 13.2 Å². The number of carbonyl (C=O) groups excluding carboxylic acids is 1. The third-order valence-corrected chi connectivity index (χ3v) is 4.77. The van der Waals surface area contributed by atoms with Crippen LogP contribution in [-0.2, 0) is 16.4 Å². The summed E-state index contributed by atoms with van der Waals surface area (Å²) in [5.74, 6) is 0.520. The molecule has 0 bridgehead atoms. The van der Waals surface area contributed by atoms with Crippen LogP contribution in [0.25, 0.3) is 0 Å². The lowest BCUT2D eigenvalue weighted by Crippen LogP contribution is -2.31. The summed E-state index contributed by atoms with van der Waals surface area (Å²) in [6.45, 7) is 1.98. The summed E-state index contributed by atoms with van der Waals surface area (Å²) in [7, 11) is 0.229. The first kappa shape index (κ1) is 20.8. The first-order valence-corrected chi connectivity index (χ1v) is 10.0. The van der Waals surface area contributed by atoms with Crippen LogP contribution < -0.4 is 15.8 Å². The Labute approximate surface area is 159 Å². The van der Waals surface area contributed by atoms with Gasteiger partial charge in [0.1, 0.15) is 5.82 Å². The average molecular weight is 391 g/mol. The number of anilines is 1. The van der Waals surface area contributed by atoms with Gasteiger partial charge in [0.15, 0.2) is 0 Å². The molecule has 0 aliphatic carbocycles. The molecule has 1 amide bonds. The number of nitrogens with two attached hydrogens (primary N) is 1. The van der Waals surface area contributed by atoms with Crippen molar-refractivity contribution in [1.82, 2.24) is 15.2 Å². The Morgan fingerprint density at radius 3 is 2.37 bits per heavy atom. The molecule has 0 atom stereocenters. The summed E-state index contributed by atoms with van der Waals surface area (Å²) in [6.07, 6.45) is 2.23. The number of sulfonamides is 1. The highest BCUT2D eigenvalue weighted by atomic mass is 32.2. The van der Waals surface area contributed by atoms with E-state index in [0.717, 1.165) is 12.1 Å². The lowest BCUT2D eigenvalue weighted by Gasteiger charge is -2.10. The Morgan fingerprint density at radius 1 is 1.11 bits per heavy atom. The summed E-state index contributed by atoms with van der Waals surface area (Å²) in [6, 6.07) is 9.93. The number of nitrogens with zero attached hydrogens (tertiary/aromatic N) is 2. The molecule has 1 aromatic heterocycles. The van der Waals surface area contributed by atoms with E-state index in [4.69, 9.17) is 5.14 Å². The van der Waals surface area contributed by atoms with Gasteiger partial charge in [-0.25, -0.2) is 18.5 Å². The van der Waals surface area contributed by atoms with Crippen LogP contribution in [0.4, 0.5) is 5.82 Å². The molecule has 2 rings (SSSR count). The fraction of sp³-hybridized carbons (Fsp3) is 0.333. The van der Waals surface area contributed by atoms with Crippen molar-refractivity contribution in [2.24, 2.45) is 5.14 Å². The van der Waals surface area contributed by atoms with Crippen LogP contribution in [0.15, 0.2) is 47.5 Å². The highest BCUT2D eigenvalue weighted by molar-refractivity contribution is 7.89. The summed E-state index contributed by atoms with van der Waals surface area (Å²) in [5.41, 5.74) is 1.49. The number of likely N-dealkylation sites (N-methyl/N-ethyl adjacent to an activating group) is 1. The van der Waals surface area contributed by atoms with E-state index in [-0.39, 0.29) is 10.8 Å². The number of hydrogen-bond donors (Lipinski definition) is 3. The first-order valence-electron chi connectivity index (χ1n) is 8.50. The van der Waals surface area contributed by atoms with Crippen LogP contribution in [0.2, 0.25) is 0 Å². The van der Waals surface area contributed by atoms with E-state index in [1.54, 1.807) is 24.3 Å². The van der Waals surface area contributed by atoms with Crippen molar-refractivity contribution in [1.29, 1.82) is 0 Å². The van der Waals surface area contributed by atoms with Gasteiger partial charge in [-0.15, -0.1) is 0 Å². The zero-order valence-corrected chi connectivity index (χ0v) is 16.3. The Bertz CT molecular complexity index is 850. The van der Waals surface area contributed by atoms with Crippen LogP contribution >= 0.6 is 0 Å². The molecule has 0 spiro atoms. The number of benzene rings is 1. The van der Waals surface area contributed by atoms with Crippen LogP contribution in [0.5, 0.6) is 0 Å². The van der Waals surface area contributed by atoms with Gasteiger partial charge in [0, 0.05) is 25.8 Å². The van der Waals surface area contributed by atoms with E-state index < -0.39 is 10.0 Å². The number of rotatable bonds is 9. The van der Waals surface area contributed by atoms with Crippen molar-refractivity contribution in [3.8, 4) is 0 Å². The molecule has 0 saturated carbocycles. The van der Waals surface area contributed by atoms with Gasteiger partial charge in [-0.3, -0.25) is 4.79 Å². The molecule has 0 unspecified atom stereocenters. The van der Waals surface area contributed by atoms with Gasteiger partial charge in [-0.1, -0.05) is 12.1 Å². The Kier molecular flexibility index (Phi) is 7.28. The third-order valence-electron chi connectivity index (χ3n) is 3.84. The fourth-order valence-corrected chi connectivity index (χ4v) is 2.82. The summed E-state index contributed by atoms with van der Waals surface area (Å²) >= 11 is 0. The third kappa shape index (κ3) is 6.97. The second kappa shape index (κ2) is 9.45. The minimum atomic E-state index is -3.67. The standard InChI is InChI=1S/C18H25N5O3S/c1-23(2)12-11-21-18(24)15-5-8-17(22-13-15)20-10-9-14-3-6-16(7-4-14)27(19,25)26/h3-8,13H,9-12H2,1-2H3,(H,20,22)(H,21,24)(H2,19,25,26). The molecule has 27 heavy (non-hydrogen) atoms. The molecule has 0 aliphatic rings. The molecule has 146 valence electrons. The molecular weight excluding hydrogens is 366 g/mol. The molecule has 0 fully saturated rings. The maximum absolute atomic E-state index is 12.0. The number of aromatic nitrogens is 1. The summed E-state index contributed by atoms with van der Waals surface area (Å²) in [5, 5.41) is 11.1. The van der Waals surface area contributed by atoms with Gasteiger partial charge in [-0.05, 0) is 50.3 Å². The molecule has 0 radical (unpaired) electrons. The minimum Gasteiger partial charge on any atom is -0.370 e. The van der Waals surface area contributed by atoms with Crippen molar-refractivity contribution < 1.29 is 13.2 Å².